The molecule has 3 aliphatic rings. The van der Waals surface area contributed by atoms with E-state index in [0.717, 1.165) is 22.3 Å². The molecule has 0 spiro atoms. The Bertz CT molecular complexity index is 1520. The molecule has 8 nitrogen and oxygen atoms in total. The van der Waals surface area contributed by atoms with Crippen molar-refractivity contribution in [2.45, 2.75) is 64.6 Å². The first kappa shape index (κ1) is 27.7. The molecule has 3 atom stereocenters. The van der Waals surface area contributed by atoms with Gasteiger partial charge in [0.05, 0.1) is 0 Å². The van der Waals surface area contributed by atoms with Crippen molar-refractivity contribution in [3.05, 3.63) is 86.4 Å². The summed E-state index contributed by atoms with van der Waals surface area (Å²) in [6, 6.07) is 8.58. The number of nitrogens with two attached hydrogens (primary N) is 1. The number of primary amides is 1. The molecule has 0 saturated heterocycles. The van der Waals surface area contributed by atoms with E-state index in [1.807, 2.05) is 20.8 Å². The summed E-state index contributed by atoms with van der Waals surface area (Å²) in [5, 5.41) is 37.1. The number of carbonyl (C=O) groups is 3. The molecule has 210 valence electrons. The maximum atomic E-state index is 14.1. The van der Waals surface area contributed by atoms with E-state index in [1.54, 1.807) is 18.2 Å². The highest BCUT2D eigenvalue weighted by Gasteiger charge is 2.60. The molecule has 0 bridgehead atoms. The number of aliphatic hydroxyl groups excluding tert-OH is 2. The standard InChI is InChI=1S/C31H33FN2O6/c1-14(2)20-10-18(13-34-12-16-6-4-5-7-22(16)32)15(3)24-21(20)9-17-8-19-11-23(35)26(30(33)39)29(38)31(19,40)28(37)25(17)27(24)36/h4-7,10,14,17,19,34,36,38,40H,8-9,11-13H2,1-3H3,(H2,33,39)/t17-,19+,31+/m1/s1. The fourth-order valence-electron chi connectivity index (χ4n) is 6.64. The zero-order chi connectivity index (χ0) is 29.1. The van der Waals surface area contributed by atoms with E-state index >= 15 is 0 Å². The Morgan fingerprint density at radius 1 is 1.15 bits per heavy atom. The van der Waals surface area contributed by atoms with Gasteiger partial charge in [0.15, 0.2) is 11.4 Å². The molecule has 5 rings (SSSR count). The van der Waals surface area contributed by atoms with E-state index in [-0.39, 0.29) is 35.9 Å². The lowest BCUT2D eigenvalue weighted by molar-refractivity contribution is -0.147. The van der Waals surface area contributed by atoms with Crippen LogP contribution in [0.25, 0.3) is 5.76 Å². The van der Waals surface area contributed by atoms with Gasteiger partial charge < -0.3 is 26.4 Å². The van der Waals surface area contributed by atoms with Crippen LogP contribution in [0.4, 0.5) is 4.39 Å². The topological polar surface area (TPSA) is 150 Å². The van der Waals surface area contributed by atoms with E-state index in [9.17, 15) is 34.1 Å². The Hall–Kier alpha value is -3.82. The molecule has 40 heavy (non-hydrogen) atoms. The summed E-state index contributed by atoms with van der Waals surface area (Å²) in [7, 11) is 0. The summed E-state index contributed by atoms with van der Waals surface area (Å²) >= 11 is 0. The lowest BCUT2D eigenvalue weighted by Gasteiger charge is -2.46. The average molecular weight is 549 g/mol. The van der Waals surface area contributed by atoms with Crippen molar-refractivity contribution < 1.29 is 34.1 Å². The first-order chi connectivity index (χ1) is 18.9. The molecule has 2 aromatic carbocycles. The fourth-order valence-corrected chi connectivity index (χ4v) is 6.64. The van der Waals surface area contributed by atoms with Crippen LogP contribution in [0.1, 0.15) is 66.0 Å². The maximum absolute atomic E-state index is 14.1. The minimum atomic E-state index is -2.52. The van der Waals surface area contributed by atoms with E-state index in [2.05, 4.69) is 11.4 Å². The number of carbonyl (C=O) groups excluding carboxylic acids is 3. The third-order valence-electron chi connectivity index (χ3n) is 8.70. The third-order valence-corrected chi connectivity index (χ3v) is 8.70. The minimum absolute atomic E-state index is 0.0229. The van der Waals surface area contributed by atoms with E-state index in [1.165, 1.54) is 6.07 Å². The van der Waals surface area contributed by atoms with Gasteiger partial charge in [0.1, 0.15) is 22.9 Å². The molecule has 1 saturated carbocycles. The van der Waals surface area contributed by atoms with Gasteiger partial charge in [-0.1, -0.05) is 38.1 Å². The zero-order valence-electron chi connectivity index (χ0n) is 22.7. The number of hydrogen-bond donors (Lipinski definition) is 5. The number of aliphatic hydroxyl groups is 3. The van der Waals surface area contributed by atoms with Crippen LogP contribution in [0.5, 0.6) is 0 Å². The Balaban J connectivity index is 1.58. The number of benzene rings is 2. The molecule has 0 unspecified atom stereocenters. The first-order valence-electron chi connectivity index (χ1n) is 13.4. The highest BCUT2D eigenvalue weighted by Crippen LogP contribution is 2.52. The van der Waals surface area contributed by atoms with Gasteiger partial charge in [0, 0.05) is 42.1 Å². The molecular formula is C31H33FN2O6. The SMILES string of the molecule is Cc1c(CNCc2ccccc2F)cc(C(C)C)c2c1C(O)=C1C(=O)[C@]3(O)C(O)=C(C(N)=O)C(=O)C[C@@H]3C[C@@H]1C2. The van der Waals surface area contributed by atoms with Gasteiger partial charge >= 0.3 is 0 Å². The van der Waals surface area contributed by atoms with Gasteiger partial charge in [-0.05, 0) is 59.9 Å². The molecule has 1 amide bonds. The zero-order valence-corrected chi connectivity index (χ0v) is 22.7. The largest absolute Gasteiger partial charge is 0.508 e. The summed E-state index contributed by atoms with van der Waals surface area (Å²) in [6.45, 7) is 6.60. The van der Waals surface area contributed by atoms with Crippen LogP contribution in [0, 0.1) is 24.6 Å². The Kier molecular flexibility index (Phi) is 6.92. The summed E-state index contributed by atoms with van der Waals surface area (Å²) in [6.07, 6.45) is 0.252. The molecular weight excluding hydrogens is 515 g/mol. The van der Waals surface area contributed by atoms with Crippen LogP contribution in [0.2, 0.25) is 0 Å². The van der Waals surface area contributed by atoms with Gasteiger partial charge in [-0.25, -0.2) is 4.39 Å². The molecule has 0 radical (unpaired) electrons. The van der Waals surface area contributed by atoms with Crippen molar-refractivity contribution >= 4 is 23.2 Å². The summed E-state index contributed by atoms with van der Waals surface area (Å²) in [5.74, 6) is -5.83. The van der Waals surface area contributed by atoms with E-state index in [4.69, 9.17) is 5.73 Å². The van der Waals surface area contributed by atoms with Crippen LogP contribution >= 0.6 is 0 Å². The highest BCUT2D eigenvalue weighted by molar-refractivity contribution is 6.22. The molecule has 1 fully saturated rings. The fraction of sp³-hybridized carbons (Fsp3) is 0.387. The second kappa shape index (κ2) is 9.98. The number of hydrogen-bond acceptors (Lipinski definition) is 7. The third kappa shape index (κ3) is 4.15. The Morgan fingerprint density at radius 3 is 2.48 bits per heavy atom. The van der Waals surface area contributed by atoms with Crippen molar-refractivity contribution in [3.63, 3.8) is 0 Å². The van der Waals surface area contributed by atoms with Gasteiger partial charge in [0.25, 0.3) is 5.91 Å². The van der Waals surface area contributed by atoms with Gasteiger partial charge in [-0.2, -0.15) is 0 Å². The van der Waals surface area contributed by atoms with Crippen LogP contribution in [-0.2, 0) is 33.9 Å². The van der Waals surface area contributed by atoms with Gasteiger partial charge in [-0.15, -0.1) is 0 Å². The number of rotatable bonds is 6. The number of nitrogens with one attached hydrogen (secondary N) is 1. The average Bonchev–Trinajstić information content (AvgIpc) is 2.88. The second-order valence-corrected chi connectivity index (χ2v) is 11.4. The molecule has 6 N–H and O–H groups in total. The van der Waals surface area contributed by atoms with E-state index < -0.39 is 46.2 Å². The lowest BCUT2D eigenvalue weighted by atomic mass is 9.58. The molecule has 3 aliphatic carbocycles. The Labute approximate surface area is 231 Å². The maximum Gasteiger partial charge on any atom is 0.255 e. The number of fused-ring (bicyclic) bond motifs is 3. The quantitative estimate of drug-likeness (QED) is 0.346. The second-order valence-electron chi connectivity index (χ2n) is 11.4. The normalized spacial score (nSPS) is 24.2. The highest BCUT2D eigenvalue weighted by atomic mass is 19.1. The number of ketones is 2. The number of amides is 1. The molecule has 0 aromatic heterocycles. The van der Waals surface area contributed by atoms with Crippen LogP contribution in [-0.4, -0.2) is 38.4 Å². The summed E-state index contributed by atoms with van der Waals surface area (Å²) < 4.78 is 14.1. The molecule has 2 aromatic rings. The Morgan fingerprint density at radius 2 is 1.82 bits per heavy atom. The van der Waals surface area contributed by atoms with Crippen molar-refractivity contribution in [1.82, 2.24) is 5.32 Å². The smallest absolute Gasteiger partial charge is 0.255 e. The monoisotopic (exact) mass is 548 g/mol. The van der Waals surface area contributed by atoms with Crippen molar-refractivity contribution in [1.29, 1.82) is 0 Å². The van der Waals surface area contributed by atoms with Crippen molar-refractivity contribution in [2.75, 3.05) is 0 Å². The predicted octanol–water partition coefficient (Wildman–Crippen LogP) is 3.58. The minimum Gasteiger partial charge on any atom is -0.508 e. The summed E-state index contributed by atoms with van der Waals surface area (Å²) in [4.78, 5) is 38.2. The van der Waals surface area contributed by atoms with Gasteiger partial charge in [-0.3, -0.25) is 14.4 Å². The van der Waals surface area contributed by atoms with Crippen LogP contribution in [0.15, 0.2) is 47.2 Å². The van der Waals surface area contributed by atoms with E-state index in [0.29, 0.717) is 30.6 Å². The number of Topliss-reactive ketones (excluding diaryl/α,β-unsaturated/α-hetero) is 2. The summed E-state index contributed by atoms with van der Waals surface area (Å²) in [5.41, 5.74) is 6.48. The van der Waals surface area contributed by atoms with Crippen LogP contribution in [0.3, 0.4) is 0 Å². The van der Waals surface area contributed by atoms with Crippen LogP contribution < -0.4 is 11.1 Å². The first-order valence-corrected chi connectivity index (χ1v) is 13.4. The van der Waals surface area contributed by atoms with Gasteiger partial charge in [0.2, 0.25) is 5.78 Å². The molecule has 0 heterocycles. The van der Waals surface area contributed by atoms with Crippen molar-refractivity contribution in [3.8, 4) is 0 Å². The molecule has 9 heteroatoms. The predicted molar refractivity (Wildman–Crippen MR) is 145 cm³/mol. The lowest BCUT2D eigenvalue weighted by Crippen LogP contribution is -2.58. The number of halogens is 1. The van der Waals surface area contributed by atoms with Crippen molar-refractivity contribution in [2.24, 2.45) is 17.6 Å². The molecule has 0 aliphatic heterocycles.